The molecule has 112 valence electrons. The molecule has 1 heterocycles. The third-order valence-corrected chi connectivity index (χ3v) is 3.83. The van der Waals surface area contributed by atoms with Gasteiger partial charge >= 0.3 is 0 Å². The second-order valence-electron chi connectivity index (χ2n) is 4.86. The van der Waals surface area contributed by atoms with Gasteiger partial charge in [0.25, 0.3) is 5.91 Å². The number of rotatable bonds is 3. The number of methoxy groups -OCH3 is 1. The summed E-state index contributed by atoms with van der Waals surface area (Å²) in [6, 6.07) is 8.87. The zero-order valence-corrected chi connectivity index (χ0v) is 12.9. The number of benzene rings is 2. The number of nitrogens with one attached hydrogen (secondary N) is 2. The van der Waals surface area contributed by atoms with Crippen molar-refractivity contribution < 1.29 is 9.53 Å². The first-order chi connectivity index (χ1) is 10.6. The van der Waals surface area contributed by atoms with E-state index in [1.54, 1.807) is 30.6 Å². The molecule has 0 saturated carbocycles. The van der Waals surface area contributed by atoms with E-state index in [4.69, 9.17) is 16.3 Å². The molecule has 0 aliphatic heterocycles. The molecular formula is C16H14ClN3O2. The molecule has 6 heteroatoms. The number of hydrogen-bond donors (Lipinski definition) is 2. The molecule has 1 aromatic heterocycles. The maximum absolute atomic E-state index is 12.5. The lowest BCUT2D eigenvalue weighted by molar-refractivity contribution is 0.102. The van der Waals surface area contributed by atoms with Crippen LogP contribution in [0.15, 0.2) is 36.7 Å². The molecule has 0 bridgehead atoms. The molecule has 22 heavy (non-hydrogen) atoms. The number of carbonyl (C=O) groups excluding carboxylic acids is 1. The van der Waals surface area contributed by atoms with Crippen LogP contribution < -0.4 is 10.1 Å². The molecule has 2 N–H and O–H groups in total. The zero-order valence-electron chi connectivity index (χ0n) is 12.1. The van der Waals surface area contributed by atoms with Crippen LogP contribution in [0.2, 0.25) is 5.02 Å². The van der Waals surface area contributed by atoms with Crippen LogP contribution in [-0.4, -0.2) is 23.0 Å². The van der Waals surface area contributed by atoms with E-state index in [9.17, 15) is 4.79 Å². The Morgan fingerprint density at radius 1 is 1.36 bits per heavy atom. The van der Waals surface area contributed by atoms with Crippen molar-refractivity contribution >= 4 is 34.2 Å². The van der Waals surface area contributed by atoms with E-state index >= 15 is 0 Å². The molecule has 0 unspecified atom stereocenters. The number of H-pyrrole nitrogens is 1. The molecule has 0 aliphatic rings. The van der Waals surface area contributed by atoms with E-state index in [0.717, 1.165) is 11.1 Å². The molecular weight excluding hydrogens is 302 g/mol. The minimum absolute atomic E-state index is 0.252. The van der Waals surface area contributed by atoms with Crippen molar-refractivity contribution in [1.82, 2.24) is 9.97 Å². The van der Waals surface area contributed by atoms with E-state index in [2.05, 4.69) is 15.3 Å². The summed E-state index contributed by atoms with van der Waals surface area (Å²) in [5, 5.41) is 3.44. The van der Waals surface area contributed by atoms with Gasteiger partial charge in [-0.2, -0.15) is 0 Å². The molecule has 3 rings (SSSR count). The van der Waals surface area contributed by atoms with E-state index in [0.29, 0.717) is 27.5 Å². The fourth-order valence-corrected chi connectivity index (χ4v) is 2.42. The Morgan fingerprint density at radius 2 is 2.18 bits per heavy atom. The number of aryl methyl sites for hydroxylation is 1. The van der Waals surface area contributed by atoms with Gasteiger partial charge < -0.3 is 15.0 Å². The van der Waals surface area contributed by atoms with Crippen LogP contribution in [0.4, 0.5) is 5.69 Å². The van der Waals surface area contributed by atoms with Gasteiger partial charge in [0, 0.05) is 11.1 Å². The quantitative estimate of drug-likeness (QED) is 0.773. The van der Waals surface area contributed by atoms with Gasteiger partial charge in [-0.05, 0) is 30.7 Å². The second kappa shape index (κ2) is 5.69. The van der Waals surface area contributed by atoms with Crippen molar-refractivity contribution in [1.29, 1.82) is 0 Å². The molecule has 0 atom stereocenters. The number of aromatic nitrogens is 2. The Hall–Kier alpha value is -2.53. The summed E-state index contributed by atoms with van der Waals surface area (Å²) in [4.78, 5) is 19.7. The smallest absolute Gasteiger partial charge is 0.258 e. The minimum atomic E-state index is -0.252. The number of para-hydroxylation sites is 1. The highest BCUT2D eigenvalue weighted by molar-refractivity contribution is 6.31. The summed E-state index contributed by atoms with van der Waals surface area (Å²) in [5.41, 5.74) is 3.36. The highest BCUT2D eigenvalue weighted by atomic mass is 35.5. The number of halogens is 1. The lowest BCUT2D eigenvalue weighted by Gasteiger charge is -2.12. The topological polar surface area (TPSA) is 67.0 Å². The van der Waals surface area contributed by atoms with Crippen molar-refractivity contribution in [3.8, 4) is 5.75 Å². The van der Waals surface area contributed by atoms with E-state index in [1.807, 2.05) is 13.0 Å². The number of nitrogens with zero attached hydrogens (tertiary/aromatic N) is 1. The van der Waals surface area contributed by atoms with Gasteiger partial charge in [0.05, 0.1) is 30.2 Å². The van der Waals surface area contributed by atoms with Gasteiger partial charge in [-0.1, -0.05) is 17.7 Å². The van der Waals surface area contributed by atoms with Gasteiger partial charge in [0.1, 0.15) is 11.3 Å². The number of anilines is 1. The zero-order chi connectivity index (χ0) is 15.7. The molecule has 0 radical (unpaired) electrons. The van der Waals surface area contributed by atoms with Gasteiger partial charge in [-0.25, -0.2) is 4.98 Å². The lowest BCUT2D eigenvalue weighted by Crippen LogP contribution is -2.13. The van der Waals surface area contributed by atoms with Crippen LogP contribution >= 0.6 is 11.6 Å². The Balaban J connectivity index is 1.98. The number of hydrogen-bond acceptors (Lipinski definition) is 3. The average molecular weight is 316 g/mol. The lowest BCUT2D eigenvalue weighted by atomic mass is 10.1. The number of fused-ring (bicyclic) bond motifs is 1. The molecule has 0 saturated heterocycles. The predicted molar refractivity (Wildman–Crippen MR) is 86.8 cm³/mol. The molecule has 2 aromatic carbocycles. The van der Waals surface area contributed by atoms with Crippen molar-refractivity contribution in [2.45, 2.75) is 6.92 Å². The minimum Gasteiger partial charge on any atom is -0.495 e. The van der Waals surface area contributed by atoms with Crippen molar-refractivity contribution in [2.75, 3.05) is 12.4 Å². The van der Waals surface area contributed by atoms with E-state index in [-0.39, 0.29) is 5.91 Å². The van der Waals surface area contributed by atoms with Crippen molar-refractivity contribution in [3.63, 3.8) is 0 Å². The van der Waals surface area contributed by atoms with Crippen LogP contribution in [0.3, 0.4) is 0 Å². The van der Waals surface area contributed by atoms with Gasteiger partial charge in [0.2, 0.25) is 0 Å². The van der Waals surface area contributed by atoms with Crippen LogP contribution in [0.5, 0.6) is 5.75 Å². The van der Waals surface area contributed by atoms with Crippen LogP contribution in [0, 0.1) is 6.92 Å². The summed E-state index contributed by atoms with van der Waals surface area (Å²) in [6.07, 6.45) is 1.56. The van der Waals surface area contributed by atoms with Gasteiger partial charge in [-0.3, -0.25) is 4.79 Å². The highest BCUT2D eigenvalue weighted by Crippen LogP contribution is 2.31. The van der Waals surface area contributed by atoms with Crippen molar-refractivity contribution in [3.05, 3.63) is 52.8 Å². The molecule has 0 aliphatic carbocycles. The third-order valence-electron chi connectivity index (χ3n) is 3.42. The van der Waals surface area contributed by atoms with E-state index < -0.39 is 0 Å². The number of ether oxygens (including phenoxy) is 1. The third kappa shape index (κ3) is 2.51. The van der Waals surface area contributed by atoms with Crippen LogP contribution in [-0.2, 0) is 0 Å². The predicted octanol–water partition coefficient (Wildman–Crippen LogP) is 3.79. The summed E-state index contributed by atoms with van der Waals surface area (Å²) in [5.74, 6) is 0.260. The monoisotopic (exact) mass is 315 g/mol. The number of carbonyl (C=O) groups is 1. The largest absolute Gasteiger partial charge is 0.495 e. The Labute approximate surface area is 132 Å². The summed E-state index contributed by atoms with van der Waals surface area (Å²) >= 11 is 6.07. The van der Waals surface area contributed by atoms with E-state index in [1.165, 1.54) is 7.11 Å². The molecule has 3 aromatic rings. The normalized spacial score (nSPS) is 10.7. The Bertz CT molecular complexity index is 858. The summed E-state index contributed by atoms with van der Waals surface area (Å²) in [6.45, 7) is 1.87. The SMILES string of the molecule is COc1cc(Cl)c(C)cc1NC(=O)c1cccc2[nH]cnc12. The Morgan fingerprint density at radius 3 is 2.95 bits per heavy atom. The molecule has 0 fully saturated rings. The summed E-state index contributed by atoms with van der Waals surface area (Å²) in [7, 11) is 1.53. The van der Waals surface area contributed by atoms with Crippen LogP contribution in [0.25, 0.3) is 11.0 Å². The average Bonchev–Trinajstić information content (AvgIpc) is 2.98. The molecule has 1 amide bonds. The maximum Gasteiger partial charge on any atom is 0.258 e. The molecule has 5 nitrogen and oxygen atoms in total. The number of aromatic amines is 1. The summed E-state index contributed by atoms with van der Waals surface area (Å²) < 4.78 is 5.27. The first kappa shape index (κ1) is 14.4. The van der Waals surface area contributed by atoms with Crippen LogP contribution in [0.1, 0.15) is 15.9 Å². The fraction of sp³-hybridized carbons (Fsp3) is 0.125. The standard InChI is InChI=1S/C16H14ClN3O2/c1-9-6-13(14(22-2)7-11(9)17)20-16(21)10-4-3-5-12-15(10)19-8-18-12/h3-8H,1-2H3,(H,18,19)(H,20,21). The van der Waals surface area contributed by atoms with Gasteiger partial charge in [-0.15, -0.1) is 0 Å². The van der Waals surface area contributed by atoms with Gasteiger partial charge in [0.15, 0.2) is 0 Å². The maximum atomic E-state index is 12.5. The second-order valence-corrected chi connectivity index (χ2v) is 5.27. The first-order valence-corrected chi connectivity index (χ1v) is 7.05. The highest BCUT2D eigenvalue weighted by Gasteiger charge is 2.15. The Kier molecular flexibility index (Phi) is 3.73. The molecule has 0 spiro atoms. The number of imidazole rings is 1. The number of amides is 1. The first-order valence-electron chi connectivity index (χ1n) is 6.67. The fourth-order valence-electron chi connectivity index (χ4n) is 2.27. The van der Waals surface area contributed by atoms with Crippen molar-refractivity contribution in [2.24, 2.45) is 0 Å².